The fourth-order valence-corrected chi connectivity index (χ4v) is 1.68. The minimum Gasteiger partial charge on any atom is -0.330 e. The first kappa shape index (κ1) is 10.1. The van der Waals surface area contributed by atoms with Gasteiger partial charge in [-0.1, -0.05) is 31.2 Å². The van der Waals surface area contributed by atoms with E-state index in [1.54, 1.807) is 12.1 Å². The summed E-state index contributed by atoms with van der Waals surface area (Å²) in [6.07, 6.45) is 0. The molecule has 0 fully saturated rings. The van der Waals surface area contributed by atoms with E-state index in [1.807, 2.05) is 12.1 Å². The lowest BCUT2D eigenvalue weighted by molar-refractivity contribution is 0.629. The van der Waals surface area contributed by atoms with Crippen LogP contribution in [0.5, 0.6) is 0 Å². The molecule has 1 unspecified atom stereocenters. The van der Waals surface area contributed by atoms with E-state index in [0.717, 1.165) is 16.3 Å². The Balaban J connectivity index is 2.54. The van der Waals surface area contributed by atoms with E-state index in [4.69, 9.17) is 5.73 Å². The molecule has 78 valence electrons. The Morgan fingerprint density at radius 1 is 1.13 bits per heavy atom. The van der Waals surface area contributed by atoms with Crippen molar-refractivity contribution in [3.05, 3.63) is 47.8 Å². The van der Waals surface area contributed by atoms with Crippen molar-refractivity contribution in [2.45, 2.75) is 12.8 Å². The van der Waals surface area contributed by atoms with Gasteiger partial charge >= 0.3 is 0 Å². The van der Waals surface area contributed by atoms with Gasteiger partial charge in [0.1, 0.15) is 5.82 Å². The Kier molecular flexibility index (Phi) is 2.69. The second-order valence-corrected chi connectivity index (χ2v) is 3.89. The first-order valence-corrected chi connectivity index (χ1v) is 5.10. The maximum Gasteiger partial charge on any atom is 0.123 e. The molecule has 0 bridgehead atoms. The van der Waals surface area contributed by atoms with E-state index in [9.17, 15) is 4.39 Å². The lowest BCUT2D eigenvalue weighted by Gasteiger charge is -2.09. The van der Waals surface area contributed by atoms with Crippen molar-refractivity contribution in [2.24, 2.45) is 5.73 Å². The van der Waals surface area contributed by atoms with Crippen molar-refractivity contribution in [3.8, 4) is 0 Å². The summed E-state index contributed by atoms with van der Waals surface area (Å²) in [5, 5.41) is 2.00. The summed E-state index contributed by atoms with van der Waals surface area (Å²) in [6.45, 7) is 2.68. The fourth-order valence-electron chi connectivity index (χ4n) is 1.68. The normalized spacial score (nSPS) is 13.0. The lowest BCUT2D eigenvalue weighted by Crippen LogP contribution is -2.08. The molecular weight excluding hydrogens is 189 g/mol. The van der Waals surface area contributed by atoms with Crippen molar-refractivity contribution in [1.82, 2.24) is 0 Å². The van der Waals surface area contributed by atoms with Crippen LogP contribution < -0.4 is 5.73 Å². The van der Waals surface area contributed by atoms with Crippen molar-refractivity contribution in [2.75, 3.05) is 6.54 Å². The molecule has 1 nitrogen and oxygen atoms in total. The molecule has 1 atom stereocenters. The molecule has 0 radical (unpaired) electrons. The lowest BCUT2D eigenvalue weighted by atomic mass is 9.98. The molecule has 15 heavy (non-hydrogen) atoms. The van der Waals surface area contributed by atoms with Crippen LogP contribution in [0.2, 0.25) is 0 Å². The van der Waals surface area contributed by atoms with Gasteiger partial charge in [0.2, 0.25) is 0 Å². The number of hydrogen-bond donors (Lipinski definition) is 1. The Morgan fingerprint density at radius 3 is 2.60 bits per heavy atom. The Morgan fingerprint density at radius 2 is 1.87 bits per heavy atom. The number of hydrogen-bond acceptors (Lipinski definition) is 1. The van der Waals surface area contributed by atoms with Gasteiger partial charge in [0.25, 0.3) is 0 Å². The highest BCUT2D eigenvalue weighted by molar-refractivity contribution is 5.83. The zero-order valence-electron chi connectivity index (χ0n) is 8.70. The van der Waals surface area contributed by atoms with Gasteiger partial charge in [-0.2, -0.15) is 0 Å². The van der Waals surface area contributed by atoms with Gasteiger partial charge in [-0.25, -0.2) is 4.39 Å². The quantitative estimate of drug-likeness (QED) is 0.797. The number of benzene rings is 2. The largest absolute Gasteiger partial charge is 0.330 e. The van der Waals surface area contributed by atoms with Gasteiger partial charge in [0.15, 0.2) is 0 Å². The van der Waals surface area contributed by atoms with Crippen LogP contribution >= 0.6 is 0 Å². The molecule has 0 heterocycles. The van der Waals surface area contributed by atoms with Gasteiger partial charge in [-0.3, -0.25) is 0 Å². The highest BCUT2D eigenvalue weighted by Gasteiger charge is 2.04. The minimum absolute atomic E-state index is 0.194. The second kappa shape index (κ2) is 3.99. The van der Waals surface area contributed by atoms with Crippen molar-refractivity contribution >= 4 is 10.8 Å². The highest BCUT2D eigenvalue weighted by Crippen LogP contribution is 2.21. The summed E-state index contributed by atoms with van der Waals surface area (Å²) in [7, 11) is 0. The number of fused-ring (bicyclic) bond motifs is 1. The SMILES string of the molecule is CC(CN)c1ccc2ccc(F)cc2c1. The fraction of sp³-hybridized carbons (Fsp3) is 0.231. The Bertz CT molecular complexity index is 479. The van der Waals surface area contributed by atoms with Gasteiger partial charge in [0.05, 0.1) is 0 Å². The standard InChI is InChI=1S/C13H14FN/c1-9(8-15)11-3-2-10-4-5-13(14)7-12(10)6-11/h2-7,9H,8,15H2,1H3. The zero-order valence-corrected chi connectivity index (χ0v) is 8.70. The van der Waals surface area contributed by atoms with Gasteiger partial charge in [-0.05, 0) is 40.9 Å². The molecule has 0 saturated heterocycles. The van der Waals surface area contributed by atoms with Gasteiger partial charge in [-0.15, -0.1) is 0 Å². The van der Waals surface area contributed by atoms with E-state index in [2.05, 4.69) is 13.0 Å². The third-order valence-electron chi connectivity index (χ3n) is 2.75. The highest BCUT2D eigenvalue weighted by atomic mass is 19.1. The maximum absolute atomic E-state index is 13.0. The van der Waals surface area contributed by atoms with Gasteiger partial charge in [0, 0.05) is 0 Å². The van der Waals surface area contributed by atoms with Crippen LogP contribution in [0.1, 0.15) is 18.4 Å². The molecule has 2 heteroatoms. The average Bonchev–Trinajstić information content (AvgIpc) is 2.27. The Labute approximate surface area is 88.7 Å². The molecule has 2 aromatic rings. The second-order valence-electron chi connectivity index (χ2n) is 3.89. The van der Waals surface area contributed by atoms with Crippen LogP contribution in [-0.2, 0) is 0 Å². The van der Waals surface area contributed by atoms with Crippen LogP contribution in [0.4, 0.5) is 4.39 Å². The first-order valence-electron chi connectivity index (χ1n) is 5.10. The van der Waals surface area contributed by atoms with Gasteiger partial charge < -0.3 is 5.73 Å². The number of nitrogens with two attached hydrogens (primary N) is 1. The zero-order chi connectivity index (χ0) is 10.8. The molecular formula is C13H14FN. The third-order valence-corrected chi connectivity index (χ3v) is 2.75. The van der Waals surface area contributed by atoms with E-state index >= 15 is 0 Å². The van der Waals surface area contributed by atoms with Crippen LogP contribution in [0.25, 0.3) is 10.8 Å². The van der Waals surface area contributed by atoms with Crippen molar-refractivity contribution in [3.63, 3.8) is 0 Å². The summed E-state index contributed by atoms with van der Waals surface area (Å²) in [5.41, 5.74) is 6.77. The van der Waals surface area contributed by atoms with E-state index in [0.29, 0.717) is 12.5 Å². The summed E-state index contributed by atoms with van der Waals surface area (Å²) in [5.74, 6) is 0.123. The first-order chi connectivity index (χ1) is 7.20. The minimum atomic E-state index is -0.194. The van der Waals surface area contributed by atoms with Crippen LogP contribution in [0, 0.1) is 5.82 Å². The summed E-state index contributed by atoms with van der Waals surface area (Å²) in [4.78, 5) is 0. The molecule has 0 spiro atoms. The van der Waals surface area contributed by atoms with E-state index in [1.165, 1.54) is 6.07 Å². The predicted molar refractivity (Wildman–Crippen MR) is 61.4 cm³/mol. The molecule has 2 N–H and O–H groups in total. The average molecular weight is 203 g/mol. The monoisotopic (exact) mass is 203 g/mol. The summed E-state index contributed by atoms with van der Waals surface area (Å²) < 4.78 is 13.0. The smallest absolute Gasteiger partial charge is 0.123 e. The van der Waals surface area contributed by atoms with Crippen molar-refractivity contribution < 1.29 is 4.39 Å². The number of rotatable bonds is 2. The molecule has 2 aromatic carbocycles. The summed E-state index contributed by atoms with van der Waals surface area (Å²) >= 11 is 0. The van der Waals surface area contributed by atoms with Crippen LogP contribution in [0.15, 0.2) is 36.4 Å². The maximum atomic E-state index is 13.0. The number of halogens is 1. The van der Waals surface area contributed by atoms with Crippen LogP contribution in [-0.4, -0.2) is 6.54 Å². The molecule has 0 aliphatic heterocycles. The molecule has 2 rings (SSSR count). The molecule has 0 amide bonds. The molecule has 0 aromatic heterocycles. The molecule has 0 saturated carbocycles. The predicted octanol–water partition coefficient (Wildman–Crippen LogP) is 3.04. The molecule has 0 aliphatic carbocycles. The summed E-state index contributed by atoms with van der Waals surface area (Å²) in [6, 6.07) is 10.9. The third kappa shape index (κ3) is 2.00. The van der Waals surface area contributed by atoms with E-state index in [-0.39, 0.29) is 5.82 Å². The molecule has 0 aliphatic rings. The van der Waals surface area contributed by atoms with Crippen molar-refractivity contribution in [1.29, 1.82) is 0 Å². The van der Waals surface area contributed by atoms with E-state index < -0.39 is 0 Å². The van der Waals surface area contributed by atoms with Crippen LogP contribution in [0.3, 0.4) is 0 Å². The topological polar surface area (TPSA) is 26.0 Å². The Hall–Kier alpha value is -1.41.